The van der Waals surface area contributed by atoms with Gasteiger partial charge < -0.3 is 20.4 Å². The summed E-state index contributed by atoms with van der Waals surface area (Å²) >= 11 is 6.14. The van der Waals surface area contributed by atoms with Crippen LogP contribution in [0.15, 0.2) is 48.5 Å². The van der Waals surface area contributed by atoms with Gasteiger partial charge in [-0.1, -0.05) is 61.8 Å². The first kappa shape index (κ1) is 33.4. The van der Waals surface area contributed by atoms with Gasteiger partial charge in [-0.05, 0) is 60.5 Å². The summed E-state index contributed by atoms with van der Waals surface area (Å²) in [7, 11) is 0. The number of halogens is 1. The van der Waals surface area contributed by atoms with Gasteiger partial charge in [0.1, 0.15) is 6.04 Å². The first-order valence-electron chi connectivity index (χ1n) is 16.6. The molecule has 2 aromatic rings. The maximum atomic E-state index is 14.1. The average molecular weight is 637 g/mol. The standard InChI is InChI=1S/C35H49ClN6O3/c1-25(2)24-42(41-20-18-39(19-21-41)26(3)43)30-13-16-40(17-14-30)35(45)33(22-27-8-10-29(36)11-9-27)38-34(44)23-32-31-7-5-4-6-28(31)12-15-37-32/h4-11,25,30,32-33,37H,12-24H2,1-3H3,(H,38,44)/t32-,33-/m1/s1. The number of carbonyl (C=O) groups excluding carboxylic acids is 3. The van der Waals surface area contributed by atoms with Crippen molar-refractivity contribution in [3.8, 4) is 0 Å². The summed E-state index contributed by atoms with van der Waals surface area (Å²) in [6.45, 7) is 12.4. The van der Waals surface area contributed by atoms with E-state index in [2.05, 4.69) is 46.6 Å². The third-order valence-corrected chi connectivity index (χ3v) is 9.66. The van der Waals surface area contributed by atoms with Gasteiger partial charge in [0.25, 0.3) is 0 Å². The van der Waals surface area contributed by atoms with Crippen molar-refractivity contribution in [1.29, 1.82) is 0 Å². The lowest BCUT2D eigenvalue weighted by Gasteiger charge is -2.47. The Bertz CT molecular complexity index is 1300. The topological polar surface area (TPSA) is 88.2 Å². The summed E-state index contributed by atoms with van der Waals surface area (Å²) in [6, 6.07) is 15.4. The van der Waals surface area contributed by atoms with Gasteiger partial charge in [0, 0.05) is 82.7 Å². The highest BCUT2D eigenvalue weighted by Crippen LogP contribution is 2.26. The molecule has 2 aromatic carbocycles. The van der Waals surface area contributed by atoms with Crippen LogP contribution in [0.2, 0.25) is 5.02 Å². The van der Waals surface area contributed by atoms with Crippen LogP contribution in [0.5, 0.6) is 0 Å². The van der Waals surface area contributed by atoms with E-state index in [1.165, 1.54) is 5.56 Å². The number of amides is 3. The number of hydrogen-bond donors (Lipinski definition) is 2. The molecule has 9 nitrogen and oxygen atoms in total. The molecule has 10 heteroatoms. The second-order valence-electron chi connectivity index (χ2n) is 13.1. The molecule has 3 aliphatic rings. The monoisotopic (exact) mass is 636 g/mol. The van der Waals surface area contributed by atoms with E-state index < -0.39 is 6.04 Å². The lowest BCUT2D eigenvalue weighted by atomic mass is 9.92. The number of hydrogen-bond acceptors (Lipinski definition) is 6. The number of piperidine rings is 1. The second kappa shape index (κ2) is 15.5. The van der Waals surface area contributed by atoms with Crippen LogP contribution in [0.25, 0.3) is 0 Å². The molecule has 0 spiro atoms. The van der Waals surface area contributed by atoms with Crippen LogP contribution in [-0.2, 0) is 27.2 Å². The van der Waals surface area contributed by atoms with Gasteiger partial charge >= 0.3 is 0 Å². The normalized spacial score (nSPS) is 20.3. The summed E-state index contributed by atoms with van der Waals surface area (Å²) in [4.78, 5) is 43.3. The van der Waals surface area contributed by atoms with Crippen LogP contribution in [0, 0.1) is 5.92 Å². The third-order valence-electron chi connectivity index (χ3n) is 9.41. The minimum Gasteiger partial charge on any atom is -0.344 e. The Morgan fingerprint density at radius 2 is 1.64 bits per heavy atom. The molecule has 5 rings (SSSR count). The number of likely N-dealkylation sites (tertiary alicyclic amines) is 1. The number of nitrogens with one attached hydrogen (secondary N) is 2. The highest BCUT2D eigenvalue weighted by atomic mass is 35.5. The molecule has 3 aliphatic heterocycles. The predicted octanol–water partition coefficient (Wildman–Crippen LogP) is 3.67. The molecule has 244 valence electrons. The number of piperazine rings is 1. The van der Waals surface area contributed by atoms with E-state index in [9.17, 15) is 14.4 Å². The van der Waals surface area contributed by atoms with Gasteiger partial charge in [-0.15, -0.1) is 0 Å². The first-order chi connectivity index (χ1) is 21.7. The minimum atomic E-state index is -0.652. The second-order valence-corrected chi connectivity index (χ2v) is 13.6. The largest absolute Gasteiger partial charge is 0.344 e. The molecule has 2 fully saturated rings. The third kappa shape index (κ3) is 8.85. The van der Waals surface area contributed by atoms with E-state index in [4.69, 9.17) is 11.6 Å². The molecule has 0 unspecified atom stereocenters. The van der Waals surface area contributed by atoms with Crippen LogP contribution in [0.1, 0.15) is 62.8 Å². The quantitative estimate of drug-likeness (QED) is 0.414. The summed E-state index contributed by atoms with van der Waals surface area (Å²) in [6.07, 6.45) is 3.39. The fourth-order valence-corrected chi connectivity index (χ4v) is 7.14. The van der Waals surface area contributed by atoms with E-state index >= 15 is 0 Å². The van der Waals surface area contributed by atoms with Crippen molar-refractivity contribution in [1.82, 2.24) is 30.5 Å². The summed E-state index contributed by atoms with van der Waals surface area (Å²) in [5, 5.41) is 12.2. The predicted molar refractivity (Wildman–Crippen MR) is 178 cm³/mol. The number of rotatable bonds is 10. The first-order valence-corrected chi connectivity index (χ1v) is 17.0. The van der Waals surface area contributed by atoms with Gasteiger partial charge in [0.15, 0.2) is 0 Å². The fourth-order valence-electron chi connectivity index (χ4n) is 7.01. The van der Waals surface area contributed by atoms with Gasteiger partial charge in [-0.25, -0.2) is 10.0 Å². The van der Waals surface area contributed by atoms with Gasteiger partial charge in [-0.3, -0.25) is 14.4 Å². The van der Waals surface area contributed by atoms with E-state index in [-0.39, 0.29) is 30.2 Å². The molecule has 3 amide bonds. The van der Waals surface area contributed by atoms with Crippen LogP contribution >= 0.6 is 11.6 Å². The molecule has 0 aliphatic carbocycles. The number of hydrazine groups is 1. The molecular formula is C35H49ClN6O3. The lowest BCUT2D eigenvalue weighted by Crippen LogP contribution is -2.60. The average Bonchev–Trinajstić information content (AvgIpc) is 3.04. The van der Waals surface area contributed by atoms with E-state index in [1.54, 1.807) is 6.92 Å². The molecule has 45 heavy (non-hydrogen) atoms. The van der Waals surface area contributed by atoms with Gasteiger partial charge in [0.05, 0.1) is 0 Å². The Labute approximate surface area is 273 Å². The van der Waals surface area contributed by atoms with E-state index in [0.29, 0.717) is 36.5 Å². The Hall–Kier alpha value is -2.98. The Morgan fingerprint density at radius 3 is 2.31 bits per heavy atom. The maximum absolute atomic E-state index is 14.1. The van der Waals surface area contributed by atoms with Crippen molar-refractivity contribution in [3.63, 3.8) is 0 Å². The molecular weight excluding hydrogens is 588 g/mol. The Balaban J connectivity index is 1.23. The van der Waals surface area contributed by atoms with Crippen LogP contribution < -0.4 is 10.6 Å². The zero-order valence-corrected chi connectivity index (χ0v) is 27.8. The minimum absolute atomic E-state index is 0.0285. The highest BCUT2D eigenvalue weighted by molar-refractivity contribution is 6.30. The number of benzene rings is 2. The highest BCUT2D eigenvalue weighted by Gasteiger charge is 2.35. The summed E-state index contributed by atoms with van der Waals surface area (Å²) in [5.74, 6) is 0.482. The zero-order valence-electron chi connectivity index (χ0n) is 27.0. The van der Waals surface area contributed by atoms with E-state index in [0.717, 1.165) is 69.7 Å². The molecule has 2 atom stereocenters. The zero-order chi connectivity index (χ0) is 31.9. The molecule has 0 aromatic heterocycles. The van der Waals surface area contributed by atoms with Gasteiger partial charge in [-0.2, -0.15) is 0 Å². The van der Waals surface area contributed by atoms with Crippen molar-refractivity contribution < 1.29 is 14.4 Å². The SMILES string of the molecule is CC(=O)N1CCN(N(CC(C)C)C2CCN(C(=O)[C@@H](Cc3ccc(Cl)cc3)NC(=O)C[C@H]3NCCc4ccccc43)CC2)CC1. The maximum Gasteiger partial charge on any atom is 0.245 e. The molecule has 3 heterocycles. The van der Waals surface area contributed by atoms with Crippen LogP contribution in [-0.4, -0.2) is 102 Å². The van der Waals surface area contributed by atoms with Gasteiger partial charge in [0.2, 0.25) is 17.7 Å². The van der Waals surface area contributed by atoms with Crippen molar-refractivity contribution in [2.24, 2.45) is 5.92 Å². The van der Waals surface area contributed by atoms with Crippen LogP contribution in [0.3, 0.4) is 0 Å². The molecule has 2 N–H and O–H groups in total. The van der Waals surface area contributed by atoms with Crippen LogP contribution in [0.4, 0.5) is 0 Å². The van der Waals surface area contributed by atoms with Crippen molar-refractivity contribution in [2.75, 3.05) is 52.4 Å². The molecule has 0 radical (unpaired) electrons. The van der Waals surface area contributed by atoms with Crippen molar-refractivity contribution in [2.45, 2.75) is 71.0 Å². The number of carbonyl (C=O) groups is 3. The fraction of sp³-hybridized carbons (Fsp3) is 0.571. The Kier molecular flexibility index (Phi) is 11.5. The smallest absolute Gasteiger partial charge is 0.245 e. The van der Waals surface area contributed by atoms with E-state index in [1.807, 2.05) is 46.2 Å². The summed E-state index contributed by atoms with van der Waals surface area (Å²) in [5.41, 5.74) is 3.40. The lowest BCUT2D eigenvalue weighted by molar-refractivity contribution is -0.143. The number of nitrogens with zero attached hydrogens (tertiary/aromatic N) is 4. The van der Waals surface area contributed by atoms with Crippen molar-refractivity contribution >= 4 is 29.3 Å². The summed E-state index contributed by atoms with van der Waals surface area (Å²) < 4.78 is 0. The molecule has 2 saturated heterocycles. The Morgan fingerprint density at radius 1 is 0.956 bits per heavy atom. The molecule has 0 bridgehead atoms. The number of fused-ring (bicyclic) bond motifs is 1. The molecule has 0 saturated carbocycles. The van der Waals surface area contributed by atoms with Crippen molar-refractivity contribution in [3.05, 3.63) is 70.2 Å².